The average Bonchev–Trinajstić information content (AvgIpc) is 2.48. The molecule has 1 unspecified atom stereocenters. The summed E-state index contributed by atoms with van der Waals surface area (Å²) in [7, 11) is 0. The number of hydrogen-bond donors (Lipinski definition) is 2. The SMILES string of the molecule is NC(C(=O)NCc1ccc(F)c(F)c1)C1CCOCC1. The zero-order chi connectivity index (χ0) is 14.5. The lowest BCUT2D eigenvalue weighted by Gasteiger charge is -2.26. The van der Waals surface area contributed by atoms with E-state index in [1.54, 1.807) is 0 Å². The summed E-state index contributed by atoms with van der Waals surface area (Å²) in [6, 6.07) is 2.94. The summed E-state index contributed by atoms with van der Waals surface area (Å²) in [5.41, 5.74) is 6.41. The topological polar surface area (TPSA) is 64.4 Å². The minimum atomic E-state index is -0.925. The number of carbonyl (C=O) groups excluding carboxylic acids is 1. The summed E-state index contributed by atoms with van der Waals surface area (Å²) in [6.07, 6.45) is 1.53. The molecule has 1 aromatic carbocycles. The third-order valence-corrected chi connectivity index (χ3v) is 3.53. The van der Waals surface area contributed by atoms with Crippen molar-refractivity contribution < 1.29 is 18.3 Å². The first-order valence-electron chi connectivity index (χ1n) is 6.63. The van der Waals surface area contributed by atoms with Gasteiger partial charge in [-0.15, -0.1) is 0 Å². The van der Waals surface area contributed by atoms with E-state index in [2.05, 4.69) is 5.32 Å². The summed E-state index contributed by atoms with van der Waals surface area (Å²) in [4.78, 5) is 11.9. The van der Waals surface area contributed by atoms with E-state index in [0.717, 1.165) is 25.0 Å². The molecule has 1 saturated heterocycles. The van der Waals surface area contributed by atoms with E-state index in [0.29, 0.717) is 18.8 Å². The molecule has 1 fully saturated rings. The number of benzene rings is 1. The third-order valence-electron chi connectivity index (χ3n) is 3.53. The van der Waals surface area contributed by atoms with Gasteiger partial charge in [0.05, 0.1) is 6.04 Å². The van der Waals surface area contributed by atoms with Gasteiger partial charge in [0.15, 0.2) is 11.6 Å². The number of halogens is 2. The maximum Gasteiger partial charge on any atom is 0.237 e. The Labute approximate surface area is 116 Å². The van der Waals surface area contributed by atoms with Crippen molar-refractivity contribution in [1.29, 1.82) is 0 Å². The first kappa shape index (κ1) is 14.9. The van der Waals surface area contributed by atoms with E-state index < -0.39 is 17.7 Å². The van der Waals surface area contributed by atoms with Gasteiger partial charge in [-0.1, -0.05) is 6.07 Å². The number of amides is 1. The van der Waals surface area contributed by atoms with Crippen molar-refractivity contribution in [3.8, 4) is 0 Å². The smallest absolute Gasteiger partial charge is 0.237 e. The first-order valence-corrected chi connectivity index (χ1v) is 6.63. The lowest BCUT2D eigenvalue weighted by Crippen LogP contribution is -2.46. The van der Waals surface area contributed by atoms with E-state index in [1.165, 1.54) is 6.07 Å². The van der Waals surface area contributed by atoms with Crippen molar-refractivity contribution in [2.24, 2.45) is 11.7 Å². The summed E-state index contributed by atoms with van der Waals surface area (Å²) in [6.45, 7) is 1.37. The zero-order valence-electron chi connectivity index (χ0n) is 11.1. The number of ether oxygens (including phenoxy) is 1. The molecule has 1 aliphatic rings. The van der Waals surface area contributed by atoms with Gasteiger partial charge in [0, 0.05) is 19.8 Å². The maximum absolute atomic E-state index is 13.0. The van der Waals surface area contributed by atoms with Gasteiger partial charge in [0.1, 0.15) is 0 Å². The highest BCUT2D eigenvalue weighted by molar-refractivity contribution is 5.81. The Hall–Kier alpha value is -1.53. The molecule has 6 heteroatoms. The fourth-order valence-electron chi connectivity index (χ4n) is 2.25. The fourth-order valence-corrected chi connectivity index (χ4v) is 2.25. The molecule has 0 aliphatic carbocycles. The number of carbonyl (C=O) groups is 1. The quantitative estimate of drug-likeness (QED) is 0.877. The van der Waals surface area contributed by atoms with Crippen LogP contribution in [0.2, 0.25) is 0 Å². The Morgan fingerprint density at radius 3 is 2.70 bits per heavy atom. The van der Waals surface area contributed by atoms with Crippen LogP contribution in [0.4, 0.5) is 8.78 Å². The van der Waals surface area contributed by atoms with Gasteiger partial charge in [-0.2, -0.15) is 0 Å². The van der Waals surface area contributed by atoms with E-state index in [9.17, 15) is 13.6 Å². The van der Waals surface area contributed by atoms with Crippen molar-refractivity contribution in [2.45, 2.75) is 25.4 Å². The second-order valence-electron chi connectivity index (χ2n) is 4.94. The zero-order valence-corrected chi connectivity index (χ0v) is 11.1. The highest BCUT2D eigenvalue weighted by atomic mass is 19.2. The minimum absolute atomic E-state index is 0.105. The summed E-state index contributed by atoms with van der Waals surface area (Å²) in [5, 5.41) is 2.65. The van der Waals surface area contributed by atoms with Gasteiger partial charge < -0.3 is 15.8 Å². The van der Waals surface area contributed by atoms with E-state index >= 15 is 0 Å². The second kappa shape index (κ2) is 6.76. The first-order chi connectivity index (χ1) is 9.58. The molecule has 2 rings (SSSR count). The molecule has 3 N–H and O–H groups in total. The Balaban J connectivity index is 1.86. The van der Waals surface area contributed by atoms with Crippen molar-refractivity contribution in [3.63, 3.8) is 0 Å². The van der Waals surface area contributed by atoms with E-state index in [-0.39, 0.29) is 18.4 Å². The van der Waals surface area contributed by atoms with Crippen LogP contribution in [0.3, 0.4) is 0 Å². The molecule has 0 aromatic heterocycles. The highest BCUT2D eigenvalue weighted by Gasteiger charge is 2.26. The van der Waals surface area contributed by atoms with Gasteiger partial charge in [-0.25, -0.2) is 8.78 Å². The highest BCUT2D eigenvalue weighted by Crippen LogP contribution is 2.17. The molecule has 1 atom stereocenters. The number of hydrogen-bond acceptors (Lipinski definition) is 3. The number of nitrogens with one attached hydrogen (secondary N) is 1. The van der Waals surface area contributed by atoms with Crippen molar-refractivity contribution in [1.82, 2.24) is 5.32 Å². The van der Waals surface area contributed by atoms with Crippen LogP contribution in [0.25, 0.3) is 0 Å². The molecule has 1 aliphatic heterocycles. The van der Waals surface area contributed by atoms with Crippen LogP contribution in [0.15, 0.2) is 18.2 Å². The molecule has 110 valence electrons. The Bertz CT molecular complexity index is 476. The second-order valence-corrected chi connectivity index (χ2v) is 4.94. The van der Waals surface area contributed by atoms with Crippen LogP contribution in [-0.4, -0.2) is 25.2 Å². The van der Waals surface area contributed by atoms with Crippen molar-refractivity contribution >= 4 is 5.91 Å². The molecule has 20 heavy (non-hydrogen) atoms. The molecule has 0 bridgehead atoms. The average molecular weight is 284 g/mol. The molecular formula is C14H18F2N2O2. The Morgan fingerprint density at radius 1 is 1.35 bits per heavy atom. The lowest BCUT2D eigenvalue weighted by atomic mass is 9.92. The summed E-state index contributed by atoms with van der Waals surface area (Å²) < 4.78 is 31.0. The van der Waals surface area contributed by atoms with Gasteiger partial charge in [0.2, 0.25) is 5.91 Å². The maximum atomic E-state index is 13.0. The van der Waals surface area contributed by atoms with Gasteiger partial charge >= 0.3 is 0 Å². The minimum Gasteiger partial charge on any atom is -0.381 e. The van der Waals surface area contributed by atoms with Crippen LogP contribution >= 0.6 is 0 Å². The van der Waals surface area contributed by atoms with E-state index in [4.69, 9.17) is 10.5 Å². The van der Waals surface area contributed by atoms with Gasteiger partial charge in [0.25, 0.3) is 0 Å². The standard InChI is InChI=1S/C14H18F2N2O2/c15-11-2-1-9(7-12(11)16)8-18-14(19)13(17)10-3-5-20-6-4-10/h1-2,7,10,13H,3-6,8,17H2,(H,18,19). The van der Waals surface area contributed by atoms with Crippen molar-refractivity contribution in [2.75, 3.05) is 13.2 Å². The lowest BCUT2D eigenvalue weighted by molar-refractivity contribution is -0.124. The normalized spacial score (nSPS) is 17.8. The van der Waals surface area contributed by atoms with Gasteiger partial charge in [-0.3, -0.25) is 4.79 Å². The van der Waals surface area contributed by atoms with Crippen molar-refractivity contribution in [3.05, 3.63) is 35.4 Å². The molecule has 0 radical (unpaired) electrons. The monoisotopic (exact) mass is 284 g/mol. The van der Waals surface area contributed by atoms with Crippen LogP contribution in [0.1, 0.15) is 18.4 Å². The summed E-state index contributed by atoms with van der Waals surface area (Å²) >= 11 is 0. The molecular weight excluding hydrogens is 266 g/mol. The molecule has 1 aromatic rings. The Kier molecular flexibility index (Phi) is 5.03. The molecule has 4 nitrogen and oxygen atoms in total. The van der Waals surface area contributed by atoms with Crippen LogP contribution in [-0.2, 0) is 16.1 Å². The van der Waals surface area contributed by atoms with Gasteiger partial charge in [-0.05, 0) is 36.5 Å². The Morgan fingerprint density at radius 2 is 2.05 bits per heavy atom. The third kappa shape index (κ3) is 3.74. The fraction of sp³-hybridized carbons (Fsp3) is 0.500. The van der Waals surface area contributed by atoms with Crippen LogP contribution in [0.5, 0.6) is 0 Å². The predicted molar refractivity (Wildman–Crippen MR) is 69.7 cm³/mol. The molecule has 1 amide bonds. The number of rotatable bonds is 4. The molecule has 1 heterocycles. The molecule has 0 spiro atoms. The molecule has 0 saturated carbocycles. The van der Waals surface area contributed by atoms with Crippen LogP contribution in [0, 0.1) is 17.6 Å². The number of nitrogens with two attached hydrogens (primary N) is 1. The van der Waals surface area contributed by atoms with Crippen LogP contribution < -0.4 is 11.1 Å². The summed E-state index contributed by atoms with van der Waals surface area (Å²) in [5.74, 6) is -2.00. The predicted octanol–water partition coefficient (Wildman–Crippen LogP) is 1.33. The van der Waals surface area contributed by atoms with E-state index in [1.807, 2.05) is 0 Å². The largest absolute Gasteiger partial charge is 0.381 e.